The van der Waals surface area contributed by atoms with Crippen LogP contribution in [0.5, 0.6) is 0 Å². The Bertz CT molecular complexity index is 707. The number of hydrogen-bond acceptors (Lipinski definition) is 3. The van der Waals surface area contributed by atoms with Crippen LogP contribution in [0.1, 0.15) is 50.2 Å². The molecular formula is C20H25F2N3. The summed E-state index contributed by atoms with van der Waals surface area (Å²) in [6.45, 7) is 6.12. The van der Waals surface area contributed by atoms with Crippen molar-refractivity contribution in [2.24, 2.45) is 5.92 Å². The summed E-state index contributed by atoms with van der Waals surface area (Å²) in [6, 6.07) is 5.34. The maximum absolute atomic E-state index is 13.3. The molecule has 1 aliphatic carbocycles. The van der Waals surface area contributed by atoms with Crippen molar-refractivity contribution < 1.29 is 8.78 Å². The average molecular weight is 345 g/mol. The normalized spacial score (nSPS) is 14.6. The molecule has 0 unspecified atom stereocenters. The molecule has 0 aliphatic heterocycles. The van der Waals surface area contributed by atoms with Gasteiger partial charge in [0.1, 0.15) is 17.5 Å². The molecule has 3 nitrogen and oxygen atoms in total. The fourth-order valence-corrected chi connectivity index (χ4v) is 3.13. The summed E-state index contributed by atoms with van der Waals surface area (Å²) < 4.78 is 26.7. The van der Waals surface area contributed by atoms with E-state index in [0.717, 1.165) is 25.1 Å². The topological polar surface area (TPSA) is 37.0 Å². The van der Waals surface area contributed by atoms with Crippen LogP contribution in [0.4, 0.5) is 20.3 Å². The van der Waals surface area contributed by atoms with E-state index >= 15 is 0 Å². The van der Waals surface area contributed by atoms with Gasteiger partial charge < -0.3 is 10.6 Å². The molecule has 0 radical (unpaired) electrons. The molecular weight excluding hydrogens is 320 g/mol. The van der Waals surface area contributed by atoms with Crippen molar-refractivity contribution >= 4 is 11.5 Å². The van der Waals surface area contributed by atoms with E-state index in [1.807, 2.05) is 12.3 Å². The number of hydrogen-bond donors (Lipinski definition) is 2. The molecule has 1 aromatic heterocycles. The maximum atomic E-state index is 13.3. The molecule has 0 amide bonds. The van der Waals surface area contributed by atoms with Crippen LogP contribution in [0.3, 0.4) is 0 Å². The first-order valence-corrected chi connectivity index (χ1v) is 8.94. The molecule has 1 aliphatic rings. The molecule has 0 spiro atoms. The number of pyridine rings is 1. The zero-order valence-electron chi connectivity index (χ0n) is 14.8. The van der Waals surface area contributed by atoms with Gasteiger partial charge in [-0.2, -0.15) is 0 Å². The molecule has 2 aromatic rings. The smallest absolute Gasteiger partial charge is 0.130 e. The summed E-state index contributed by atoms with van der Waals surface area (Å²) in [5, 5.41) is 6.51. The first-order chi connectivity index (χ1) is 12.0. The second-order valence-electron chi connectivity index (χ2n) is 7.13. The van der Waals surface area contributed by atoms with Gasteiger partial charge >= 0.3 is 0 Å². The van der Waals surface area contributed by atoms with Crippen molar-refractivity contribution in [3.63, 3.8) is 0 Å². The van der Waals surface area contributed by atoms with Crippen LogP contribution in [0.25, 0.3) is 0 Å². The highest BCUT2D eigenvalue weighted by Gasteiger charge is 2.17. The molecule has 5 heteroatoms. The Morgan fingerprint density at radius 1 is 1.12 bits per heavy atom. The third-order valence-electron chi connectivity index (χ3n) is 4.75. The largest absolute Gasteiger partial charge is 0.340 e. The van der Waals surface area contributed by atoms with Crippen LogP contribution in [-0.4, -0.2) is 11.5 Å². The van der Waals surface area contributed by atoms with Crippen LogP contribution < -0.4 is 10.6 Å². The first kappa shape index (κ1) is 17.8. The van der Waals surface area contributed by atoms with Gasteiger partial charge in [0.05, 0.1) is 0 Å². The Kier molecular flexibility index (Phi) is 5.63. The highest BCUT2D eigenvalue weighted by molar-refractivity contribution is 5.57. The minimum Gasteiger partial charge on any atom is -0.340 e. The van der Waals surface area contributed by atoms with E-state index in [-0.39, 0.29) is 0 Å². The lowest BCUT2D eigenvalue weighted by molar-refractivity contribution is 0.301. The van der Waals surface area contributed by atoms with Crippen molar-refractivity contribution in [1.29, 1.82) is 0 Å². The van der Waals surface area contributed by atoms with Gasteiger partial charge in [-0.3, -0.25) is 0 Å². The van der Waals surface area contributed by atoms with E-state index in [1.165, 1.54) is 42.5 Å². The Balaban J connectivity index is 1.71. The molecule has 1 fully saturated rings. The number of rotatable bonds is 7. The quantitative estimate of drug-likeness (QED) is 0.731. The highest BCUT2D eigenvalue weighted by Crippen LogP contribution is 2.27. The average Bonchev–Trinajstić information content (AvgIpc) is 2.49. The molecule has 25 heavy (non-hydrogen) atoms. The Morgan fingerprint density at radius 2 is 1.84 bits per heavy atom. The van der Waals surface area contributed by atoms with E-state index in [1.54, 1.807) is 0 Å². The Hall–Kier alpha value is -2.01. The summed E-state index contributed by atoms with van der Waals surface area (Å²) >= 11 is 0. The number of halogens is 2. The lowest BCUT2D eigenvalue weighted by Crippen LogP contribution is -2.27. The van der Waals surface area contributed by atoms with Crippen LogP contribution in [0.15, 0.2) is 30.5 Å². The zero-order chi connectivity index (χ0) is 17.8. The van der Waals surface area contributed by atoms with E-state index in [4.69, 9.17) is 0 Å². The maximum Gasteiger partial charge on any atom is 0.130 e. The molecule has 0 saturated heterocycles. The SMILES string of the molecule is CC(C)c1cc(Nc2cc(F)cc(F)c2)ncc1CNCC1CCC1. The second kappa shape index (κ2) is 7.91. The van der Waals surface area contributed by atoms with Gasteiger partial charge in [-0.15, -0.1) is 0 Å². The van der Waals surface area contributed by atoms with Crippen molar-refractivity contribution in [2.45, 2.75) is 45.6 Å². The van der Waals surface area contributed by atoms with Gasteiger partial charge in [0.15, 0.2) is 0 Å². The lowest BCUT2D eigenvalue weighted by atomic mass is 9.85. The molecule has 1 heterocycles. The summed E-state index contributed by atoms with van der Waals surface area (Å²) in [5.74, 6) is 0.538. The minimum absolute atomic E-state index is 0.341. The molecule has 0 atom stereocenters. The molecule has 0 bridgehead atoms. The standard InChI is InChI=1S/C20H25F2N3/c1-13(2)19-9-20(25-18-7-16(21)6-17(22)8-18)24-12-15(19)11-23-10-14-4-3-5-14/h6-9,12-14,23H,3-5,10-11H2,1-2H3,(H,24,25). The third-order valence-corrected chi connectivity index (χ3v) is 4.75. The van der Waals surface area contributed by atoms with Crippen LogP contribution in [0.2, 0.25) is 0 Å². The van der Waals surface area contributed by atoms with Crippen LogP contribution in [0, 0.1) is 17.6 Å². The fraction of sp³-hybridized carbons (Fsp3) is 0.450. The van der Waals surface area contributed by atoms with Crippen molar-refractivity contribution in [3.05, 3.63) is 53.2 Å². The van der Waals surface area contributed by atoms with Gasteiger partial charge in [0.2, 0.25) is 0 Å². The van der Waals surface area contributed by atoms with Crippen LogP contribution in [-0.2, 0) is 6.54 Å². The van der Waals surface area contributed by atoms with E-state index in [9.17, 15) is 8.78 Å². The number of aromatic nitrogens is 1. The summed E-state index contributed by atoms with van der Waals surface area (Å²) in [5.41, 5.74) is 2.72. The van der Waals surface area contributed by atoms with Gasteiger partial charge in [-0.05, 0) is 60.5 Å². The van der Waals surface area contributed by atoms with Crippen molar-refractivity contribution in [1.82, 2.24) is 10.3 Å². The van der Waals surface area contributed by atoms with Crippen LogP contribution >= 0.6 is 0 Å². The number of nitrogens with zero attached hydrogens (tertiary/aromatic N) is 1. The molecule has 1 saturated carbocycles. The van der Waals surface area contributed by atoms with Gasteiger partial charge in [0, 0.05) is 24.5 Å². The molecule has 134 valence electrons. The highest BCUT2D eigenvalue weighted by atomic mass is 19.1. The number of anilines is 2. The first-order valence-electron chi connectivity index (χ1n) is 8.94. The summed E-state index contributed by atoms with van der Waals surface area (Å²) in [7, 11) is 0. The lowest BCUT2D eigenvalue weighted by Gasteiger charge is -2.25. The molecule has 3 rings (SSSR count). The van der Waals surface area contributed by atoms with Crippen molar-refractivity contribution in [3.8, 4) is 0 Å². The molecule has 1 aromatic carbocycles. The minimum atomic E-state index is -0.608. The van der Waals surface area contributed by atoms with Gasteiger partial charge in [0.25, 0.3) is 0 Å². The number of benzene rings is 1. The van der Waals surface area contributed by atoms with E-state index in [2.05, 4.69) is 29.5 Å². The van der Waals surface area contributed by atoms with E-state index < -0.39 is 11.6 Å². The Labute approximate surface area is 147 Å². The third kappa shape index (κ3) is 4.75. The predicted molar refractivity (Wildman–Crippen MR) is 97.0 cm³/mol. The monoisotopic (exact) mass is 345 g/mol. The van der Waals surface area contributed by atoms with Gasteiger partial charge in [-0.25, -0.2) is 13.8 Å². The van der Waals surface area contributed by atoms with Gasteiger partial charge in [-0.1, -0.05) is 20.3 Å². The molecule has 2 N–H and O–H groups in total. The summed E-state index contributed by atoms with van der Waals surface area (Å²) in [4.78, 5) is 4.41. The Morgan fingerprint density at radius 3 is 2.44 bits per heavy atom. The summed E-state index contributed by atoms with van der Waals surface area (Å²) in [6.07, 6.45) is 5.86. The number of nitrogens with one attached hydrogen (secondary N) is 2. The zero-order valence-corrected chi connectivity index (χ0v) is 14.8. The fourth-order valence-electron chi connectivity index (χ4n) is 3.13. The van der Waals surface area contributed by atoms with E-state index in [0.29, 0.717) is 17.4 Å². The second-order valence-corrected chi connectivity index (χ2v) is 7.13. The van der Waals surface area contributed by atoms with Crippen molar-refractivity contribution in [2.75, 3.05) is 11.9 Å². The predicted octanol–water partition coefficient (Wildman–Crippen LogP) is 5.12.